The molecular weight excluding hydrogens is 222 g/mol. The highest BCUT2D eigenvalue weighted by Gasteiger charge is 2.09. The number of hydrogen-bond acceptors (Lipinski definition) is 1. The molecule has 0 saturated heterocycles. The maximum Gasteiger partial charge on any atom is 0.0374 e. The van der Waals surface area contributed by atoms with Crippen molar-refractivity contribution in [1.82, 2.24) is 0 Å². The Bertz CT molecular complexity index is 336. The highest BCUT2D eigenvalue weighted by atomic mass is 15.1. The normalized spacial score (nSPS) is 14.5. The number of nitrogens with zero attached hydrogens (tertiary/aromatic N) is 3. The second-order valence-corrected chi connectivity index (χ2v) is 4.34. The van der Waals surface area contributed by atoms with Gasteiger partial charge in [-0.1, -0.05) is 69.1 Å². The van der Waals surface area contributed by atoms with Crippen LogP contribution in [0.4, 0.5) is 0 Å². The number of azide groups is 1. The van der Waals surface area contributed by atoms with Crippen molar-refractivity contribution in [3.05, 3.63) is 46.3 Å². The van der Waals surface area contributed by atoms with E-state index in [1.807, 2.05) is 6.07 Å². The predicted molar refractivity (Wildman–Crippen MR) is 78.6 cm³/mol. The van der Waals surface area contributed by atoms with Crippen molar-refractivity contribution >= 4 is 0 Å². The maximum atomic E-state index is 8.08. The summed E-state index contributed by atoms with van der Waals surface area (Å²) in [7, 11) is 0. The van der Waals surface area contributed by atoms with Crippen molar-refractivity contribution in [2.75, 3.05) is 0 Å². The third-order valence-electron chi connectivity index (χ3n) is 3.04. The zero-order valence-electron chi connectivity index (χ0n) is 10.5. The molecule has 1 aromatic rings. The monoisotopic (exact) mass is 247 g/mol. The highest BCUT2D eigenvalue weighted by molar-refractivity contribution is 5.13. The van der Waals surface area contributed by atoms with Crippen LogP contribution in [-0.2, 0) is 6.42 Å². The molecule has 3 heteroatoms. The highest BCUT2D eigenvalue weighted by Crippen LogP contribution is 2.19. The van der Waals surface area contributed by atoms with Crippen molar-refractivity contribution in [2.45, 2.75) is 58.9 Å². The van der Waals surface area contributed by atoms with Gasteiger partial charge in [-0.05, 0) is 30.4 Å². The van der Waals surface area contributed by atoms with Crippen LogP contribution in [0.2, 0.25) is 0 Å². The van der Waals surface area contributed by atoms with Gasteiger partial charge in [0.05, 0.1) is 0 Å². The van der Waals surface area contributed by atoms with E-state index in [2.05, 4.69) is 41.2 Å². The Morgan fingerprint density at radius 3 is 2.22 bits per heavy atom. The van der Waals surface area contributed by atoms with Gasteiger partial charge in [0.2, 0.25) is 0 Å². The fourth-order valence-electron chi connectivity index (χ4n) is 1.98. The lowest BCUT2D eigenvalue weighted by Gasteiger charge is -2.15. The third-order valence-corrected chi connectivity index (χ3v) is 3.04. The number of rotatable bonds is 2. The second-order valence-electron chi connectivity index (χ2n) is 4.34. The van der Waals surface area contributed by atoms with Crippen LogP contribution >= 0.6 is 0 Å². The molecule has 1 fully saturated rings. The summed E-state index contributed by atoms with van der Waals surface area (Å²) in [5.41, 5.74) is 9.49. The lowest BCUT2D eigenvalue weighted by atomic mass is 9.96. The zero-order chi connectivity index (χ0) is 12.3. The summed E-state index contributed by atoms with van der Waals surface area (Å²) in [6.45, 7) is 2.16. The Balaban J connectivity index is 0.000000306. The van der Waals surface area contributed by atoms with Crippen molar-refractivity contribution in [3.63, 3.8) is 0 Å². The summed E-state index contributed by atoms with van der Waals surface area (Å²) in [6, 6.07) is 10.8. The Kier molecular flexibility index (Phi) is 9.80. The van der Waals surface area contributed by atoms with Gasteiger partial charge in [-0.15, -0.1) is 0 Å². The quantitative estimate of drug-likeness (QED) is 0.375. The summed E-state index contributed by atoms with van der Waals surface area (Å²) in [4.78, 5) is 2.78. The molecule has 18 heavy (non-hydrogen) atoms. The molecule has 0 amide bonds. The fourth-order valence-corrected chi connectivity index (χ4v) is 1.98. The van der Waals surface area contributed by atoms with Crippen molar-refractivity contribution in [3.8, 4) is 0 Å². The third kappa shape index (κ3) is 6.97. The molecule has 1 aliphatic carbocycles. The van der Waals surface area contributed by atoms with E-state index >= 15 is 0 Å². The molecule has 0 atom stereocenters. The molecule has 1 aliphatic rings. The minimum absolute atomic E-state index is 0. The Morgan fingerprint density at radius 1 is 1.17 bits per heavy atom. The first-order chi connectivity index (χ1) is 8.36. The lowest BCUT2D eigenvalue weighted by molar-refractivity contribution is 0.440. The zero-order valence-corrected chi connectivity index (χ0v) is 10.5. The molecule has 2 rings (SSSR count). The summed E-state index contributed by atoms with van der Waals surface area (Å²) in [6.07, 6.45) is 7.14. The summed E-state index contributed by atoms with van der Waals surface area (Å²) >= 11 is 0. The summed E-state index contributed by atoms with van der Waals surface area (Å²) in [5.74, 6) is 0. The van der Waals surface area contributed by atoms with E-state index in [1.54, 1.807) is 0 Å². The Labute approximate surface area is 111 Å². The standard InChI is InChI=1S/C8H10.C6H11N3.CH4/c1-2-8-6-4-3-5-7-8;7-9-8-6-4-2-1-3-5-6;/h3-7H,2H2,1H3;6H,1-5H2;1H4. The van der Waals surface area contributed by atoms with Crippen LogP contribution in [-0.4, -0.2) is 6.04 Å². The minimum Gasteiger partial charge on any atom is -0.0906 e. The van der Waals surface area contributed by atoms with Gasteiger partial charge in [0.1, 0.15) is 0 Å². The average molecular weight is 247 g/mol. The van der Waals surface area contributed by atoms with Crippen LogP contribution in [0.3, 0.4) is 0 Å². The van der Waals surface area contributed by atoms with Gasteiger partial charge in [0.25, 0.3) is 0 Å². The molecule has 0 heterocycles. The van der Waals surface area contributed by atoms with Crippen LogP contribution in [0.15, 0.2) is 35.4 Å². The average Bonchev–Trinajstić information content (AvgIpc) is 2.42. The van der Waals surface area contributed by atoms with E-state index in [4.69, 9.17) is 5.53 Å². The number of benzene rings is 1. The SMILES string of the molecule is C.CCc1ccccc1.[N-]=[N+]=NC1CCCCC1. The van der Waals surface area contributed by atoms with E-state index in [-0.39, 0.29) is 7.43 Å². The maximum absolute atomic E-state index is 8.08. The van der Waals surface area contributed by atoms with Gasteiger partial charge in [0, 0.05) is 11.0 Å². The van der Waals surface area contributed by atoms with E-state index in [9.17, 15) is 0 Å². The molecule has 1 saturated carbocycles. The van der Waals surface area contributed by atoms with Crippen molar-refractivity contribution < 1.29 is 0 Å². The largest absolute Gasteiger partial charge is 0.0906 e. The molecule has 0 radical (unpaired) electrons. The van der Waals surface area contributed by atoms with Crippen molar-refractivity contribution in [1.29, 1.82) is 0 Å². The van der Waals surface area contributed by atoms with E-state index in [0.29, 0.717) is 6.04 Å². The smallest absolute Gasteiger partial charge is 0.0374 e. The van der Waals surface area contributed by atoms with Gasteiger partial charge in [-0.2, -0.15) is 0 Å². The van der Waals surface area contributed by atoms with Gasteiger partial charge in [0.15, 0.2) is 0 Å². The molecule has 0 bridgehead atoms. The molecule has 0 N–H and O–H groups in total. The molecule has 0 aromatic heterocycles. The molecule has 100 valence electrons. The molecule has 0 aliphatic heterocycles. The van der Waals surface area contributed by atoms with Crippen LogP contribution in [0.1, 0.15) is 52.0 Å². The topological polar surface area (TPSA) is 48.8 Å². The summed E-state index contributed by atoms with van der Waals surface area (Å²) in [5, 5.41) is 3.66. The second kappa shape index (κ2) is 10.7. The van der Waals surface area contributed by atoms with Crippen LogP contribution in [0.25, 0.3) is 10.4 Å². The first kappa shape index (κ1) is 16.5. The molecule has 0 unspecified atom stereocenters. The number of hydrogen-bond donors (Lipinski definition) is 0. The Hall–Kier alpha value is -1.47. The molecule has 1 aromatic carbocycles. The van der Waals surface area contributed by atoms with Crippen molar-refractivity contribution in [2.24, 2.45) is 5.11 Å². The first-order valence-corrected chi connectivity index (χ1v) is 6.45. The first-order valence-electron chi connectivity index (χ1n) is 6.45. The van der Waals surface area contributed by atoms with E-state index in [0.717, 1.165) is 19.3 Å². The lowest BCUT2D eigenvalue weighted by Crippen LogP contribution is -2.07. The van der Waals surface area contributed by atoms with E-state index < -0.39 is 0 Å². The van der Waals surface area contributed by atoms with Crippen LogP contribution in [0, 0.1) is 0 Å². The molecular formula is C15H25N3. The fraction of sp³-hybridized carbons (Fsp3) is 0.600. The molecule has 3 nitrogen and oxygen atoms in total. The van der Waals surface area contributed by atoms with Gasteiger partial charge in [-0.25, -0.2) is 0 Å². The number of aryl methyl sites for hydroxylation is 1. The Morgan fingerprint density at radius 2 is 1.78 bits per heavy atom. The van der Waals surface area contributed by atoms with Crippen LogP contribution in [0.5, 0.6) is 0 Å². The van der Waals surface area contributed by atoms with Gasteiger partial charge >= 0.3 is 0 Å². The predicted octanol–water partition coefficient (Wildman–Crippen LogP) is 5.51. The molecule has 0 spiro atoms. The van der Waals surface area contributed by atoms with E-state index in [1.165, 1.54) is 24.8 Å². The summed E-state index contributed by atoms with van der Waals surface area (Å²) < 4.78 is 0. The van der Waals surface area contributed by atoms with Gasteiger partial charge < -0.3 is 0 Å². The van der Waals surface area contributed by atoms with Gasteiger partial charge in [-0.3, -0.25) is 0 Å². The van der Waals surface area contributed by atoms with Crippen LogP contribution < -0.4 is 0 Å². The minimum atomic E-state index is 0.